The highest BCUT2D eigenvalue weighted by molar-refractivity contribution is 9.10. The van der Waals surface area contributed by atoms with E-state index in [0.29, 0.717) is 59.6 Å². The number of aromatic nitrogens is 2. The Kier molecular flexibility index (Phi) is 8.12. The lowest BCUT2D eigenvalue weighted by molar-refractivity contribution is 0.284. The zero-order valence-electron chi connectivity index (χ0n) is 22.8. The number of fused-ring (bicyclic) bond motifs is 2. The number of methoxy groups -OCH3 is 2. The number of benzene rings is 4. The van der Waals surface area contributed by atoms with Crippen molar-refractivity contribution in [1.29, 1.82) is 0 Å². The number of ether oxygens (including phenoxy) is 3. The molecule has 43 heavy (non-hydrogen) atoms. The summed E-state index contributed by atoms with van der Waals surface area (Å²) in [5, 5.41) is 6.78. The average Bonchev–Trinajstić information content (AvgIpc) is 3.45. The van der Waals surface area contributed by atoms with Gasteiger partial charge in [-0.05, 0) is 70.5 Å². The van der Waals surface area contributed by atoms with Crippen LogP contribution < -0.4 is 19.8 Å². The van der Waals surface area contributed by atoms with E-state index in [0.717, 1.165) is 10.9 Å². The molecule has 0 aliphatic heterocycles. The second-order valence-electron chi connectivity index (χ2n) is 9.35. The van der Waals surface area contributed by atoms with Gasteiger partial charge in [0.2, 0.25) is 5.82 Å². The molecule has 2 aromatic heterocycles. The summed E-state index contributed by atoms with van der Waals surface area (Å²) < 4.78 is 25.1. The largest absolute Gasteiger partial charge is 0.496 e. The molecule has 6 aromatic rings. The van der Waals surface area contributed by atoms with Crippen molar-refractivity contribution >= 4 is 67.2 Å². The smallest absolute Gasteiger partial charge is 0.282 e. The summed E-state index contributed by atoms with van der Waals surface area (Å²) >= 11 is 15.9. The molecule has 0 N–H and O–H groups in total. The predicted molar refractivity (Wildman–Crippen MR) is 172 cm³/mol. The highest BCUT2D eigenvalue weighted by Crippen LogP contribution is 2.35. The van der Waals surface area contributed by atoms with E-state index in [9.17, 15) is 4.79 Å². The molecule has 216 valence electrons. The fourth-order valence-corrected chi connectivity index (χ4v) is 5.44. The van der Waals surface area contributed by atoms with Gasteiger partial charge < -0.3 is 18.6 Å². The van der Waals surface area contributed by atoms with Crippen molar-refractivity contribution in [2.24, 2.45) is 5.10 Å². The lowest BCUT2D eigenvalue weighted by Gasteiger charge is -2.13. The van der Waals surface area contributed by atoms with E-state index in [2.05, 4.69) is 21.0 Å². The van der Waals surface area contributed by atoms with Gasteiger partial charge in [0.15, 0.2) is 17.3 Å². The Balaban J connectivity index is 1.40. The van der Waals surface area contributed by atoms with Gasteiger partial charge in [0.1, 0.15) is 17.9 Å². The zero-order valence-corrected chi connectivity index (χ0v) is 25.9. The average molecular weight is 679 g/mol. The summed E-state index contributed by atoms with van der Waals surface area (Å²) in [5.41, 5.74) is 2.16. The highest BCUT2D eigenvalue weighted by Gasteiger charge is 2.18. The van der Waals surface area contributed by atoms with Crippen molar-refractivity contribution in [2.45, 2.75) is 6.61 Å². The second-order valence-corrected chi connectivity index (χ2v) is 11.0. The predicted octanol–water partition coefficient (Wildman–Crippen LogP) is 8.36. The van der Waals surface area contributed by atoms with Crippen molar-refractivity contribution in [2.75, 3.05) is 14.2 Å². The Labute approximate surface area is 264 Å². The van der Waals surface area contributed by atoms with Crippen LogP contribution in [0.2, 0.25) is 10.0 Å². The maximum absolute atomic E-state index is 13.7. The minimum Gasteiger partial charge on any atom is -0.496 e. The van der Waals surface area contributed by atoms with E-state index in [1.165, 1.54) is 18.0 Å². The maximum atomic E-state index is 13.7. The van der Waals surface area contributed by atoms with Crippen LogP contribution in [0.1, 0.15) is 11.1 Å². The summed E-state index contributed by atoms with van der Waals surface area (Å²) in [7, 11) is 3.13. The molecule has 8 nitrogen and oxygen atoms in total. The first-order chi connectivity index (χ1) is 20.9. The highest BCUT2D eigenvalue weighted by atomic mass is 79.9. The van der Waals surface area contributed by atoms with Gasteiger partial charge in [-0.3, -0.25) is 4.79 Å². The van der Waals surface area contributed by atoms with E-state index in [4.69, 9.17) is 46.8 Å². The van der Waals surface area contributed by atoms with Gasteiger partial charge in [-0.2, -0.15) is 9.78 Å². The third kappa shape index (κ3) is 5.71. The van der Waals surface area contributed by atoms with E-state index in [-0.39, 0.29) is 18.0 Å². The number of nitrogens with zero attached hydrogens (tertiary/aromatic N) is 3. The molecule has 0 aliphatic rings. The number of halogens is 3. The number of rotatable bonds is 8. The molecule has 0 saturated carbocycles. The minimum atomic E-state index is -0.354. The van der Waals surface area contributed by atoms with Crippen LogP contribution >= 0.6 is 39.1 Å². The number of hydrogen-bond donors (Lipinski definition) is 0. The van der Waals surface area contributed by atoms with Crippen molar-refractivity contribution in [3.05, 3.63) is 115 Å². The standard InChI is InChI=1S/C32H22BrCl2N3O5/c1-40-26-8-5-9-27-22(26)14-30(43-27)31-37-25-7-4-3-6-21(25)32(39)38(31)36-16-19-12-28(41-2)29(15-23(19)33)42-17-18-10-11-20(34)13-24(18)35/h3-16H,17H2,1-2H3. The van der Waals surface area contributed by atoms with Gasteiger partial charge in [0.05, 0.1) is 36.7 Å². The molecule has 6 rings (SSSR count). The Morgan fingerprint density at radius 1 is 0.930 bits per heavy atom. The van der Waals surface area contributed by atoms with Crippen LogP contribution in [0.5, 0.6) is 17.2 Å². The quantitative estimate of drug-likeness (QED) is 0.150. The van der Waals surface area contributed by atoms with Crippen molar-refractivity contribution < 1.29 is 18.6 Å². The van der Waals surface area contributed by atoms with Gasteiger partial charge in [0.25, 0.3) is 5.56 Å². The molecule has 0 unspecified atom stereocenters. The van der Waals surface area contributed by atoms with E-state index >= 15 is 0 Å². The summed E-state index contributed by atoms with van der Waals surface area (Å²) in [4.78, 5) is 18.4. The third-order valence-electron chi connectivity index (χ3n) is 6.71. The molecular weight excluding hydrogens is 657 g/mol. The molecule has 4 aromatic carbocycles. The van der Waals surface area contributed by atoms with Gasteiger partial charge in [-0.25, -0.2) is 4.98 Å². The fraction of sp³-hybridized carbons (Fsp3) is 0.0938. The van der Waals surface area contributed by atoms with Crippen LogP contribution in [-0.2, 0) is 6.61 Å². The molecule has 11 heteroatoms. The third-order valence-corrected chi connectivity index (χ3v) is 7.98. The number of hydrogen-bond acceptors (Lipinski definition) is 7. The number of furan rings is 1. The molecule has 0 atom stereocenters. The van der Waals surface area contributed by atoms with Crippen LogP contribution in [0.15, 0.2) is 97.6 Å². The van der Waals surface area contributed by atoms with Crippen molar-refractivity contribution in [3.8, 4) is 28.8 Å². The molecule has 0 spiro atoms. The maximum Gasteiger partial charge on any atom is 0.282 e. The molecule has 0 saturated heterocycles. The van der Waals surface area contributed by atoms with Gasteiger partial charge in [0, 0.05) is 25.6 Å². The van der Waals surface area contributed by atoms with E-state index < -0.39 is 0 Å². The van der Waals surface area contributed by atoms with E-state index in [1.54, 1.807) is 61.7 Å². The van der Waals surface area contributed by atoms with E-state index in [1.807, 2.05) is 24.3 Å². The SMILES string of the molecule is COc1cc(C=Nn2c(-c3cc4c(OC)cccc4o3)nc3ccccc3c2=O)c(Br)cc1OCc1ccc(Cl)cc1Cl. The van der Waals surface area contributed by atoms with Gasteiger partial charge in [-0.1, -0.05) is 47.5 Å². The minimum absolute atomic E-state index is 0.204. The van der Waals surface area contributed by atoms with Crippen LogP contribution in [0.4, 0.5) is 0 Å². The fourth-order valence-electron chi connectivity index (χ4n) is 4.55. The molecule has 0 amide bonds. The van der Waals surface area contributed by atoms with Crippen LogP contribution in [0.3, 0.4) is 0 Å². The molecule has 0 aliphatic carbocycles. The summed E-state index contributed by atoms with van der Waals surface area (Å²) in [6, 6.07) is 23.1. The summed E-state index contributed by atoms with van der Waals surface area (Å²) in [6.45, 7) is 0.204. The molecule has 2 heterocycles. The summed E-state index contributed by atoms with van der Waals surface area (Å²) in [5.74, 6) is 2.19. The van der Waals surface area contributed by atoms with Gasteiger partial charge in [-0.15, -0.1) is 0 Å². The molecule has 0 fully saturated rings. The van der Waals surface area contributed by atoms with Crippen molar-refractivity contribution in [3.63, 3.8) is 0 Å². The topological polar surface area (TPSA) is 88.1 Å². The summed E-state index contributed by atoms with van der Waals surface area (Å²) in [6.07, 6.45) is 1.54. The Morgan fingerprint density at radius 2 is 1.74 bits per heavy atom. The van der Waals surface area contributed by atoms with Crippen LogP contribution in [0, 0.1) is 0 Å². The van der Waals surface area contributed by atoms with Crippen LogP contribution in [0.25, 0.3) is 33.5 Å². The first-order valence-corrected chi connectivity index (χ1v) is 14.5. The first kappa shape index (κ1) is 28.8. The second kappa shape index (κ2) is 12.1. The monoisotopic (exact) mass is 677 g/mol. The normalized spacial score (nSPS) is 11.5. The first-order valence-electron chi connectivity index (χ1n) is 12.9. The Morgan fingerprint density at radius 3 is 2.53 bits per heavy atom. The lowest BCUT2D eigenvalue weighted by atomic mass is 10.2. The lowest BCUT2D eigenvalue weighted by Crippen LogP contribution is -2.20. The molecular formula is C32H22BrCl2N3O5. The Hall–Kier alpha value is -4.31. The molecule has 0 bridgehead atoms. The van der Waals surface area contributed by atoms with Crippen LogP contribution in [-0.4, -0.2) is 30.1 Å². The molecule has 0 radical (unpaired) electrons. The Bertz CT molecular complexity index is 2090. The zero-order chi connectivity index (χ0) is 30.1. The van der Waals surface area contributed by atoms with Crippen molar-refractivity contribution in [1.82, 2.24) is 9.66 Å². The number of para-hydroxylation sites is 1. The van der Waals surface area contributed by atoms with Gasteiger partial charge >= 0.3 is 0 Å².